The summed E-state index contributed by atoms with van der Waals surface area (Å²) in [4.78, 5) is 29.1. The second-order valence-electron chi connectivity index (χ2n) is 5.92. The van der Waals surface area contributed by atoms with E-state index in [0.29, 0.717) is 12.1 Å². The molecule has 21 heavy (non-hydrogen) atoms. The van der Waals surface area contributed by atoms with E-state index in [9.17, 15) is 9.59 Å². The van der Waals surface area contributed by atoms with Gasteiger partial charge in [-0.05, 0) is 18.2 Å². The number of rotatable bonds is 2. The lowest BCUT2D eigenvalue weighted by Crippen LogP contribution is -3.29. The molecule has 1 aromatic rings. The van der Waals surface area contributed by atoms with Gasteiger partial charge < -0.3 is 9.80 Å². The van der Waals surface area contributed by atoms with Gasteiger partial charge in [0.15, 0.2) is 6.04 Å². The second kappa shape index (κ2) is 5.87. The van der Waals surface area contributed by atoms with Crippen molar-refractivity contribution in [3.63, 3.8) is 0 Å². The number of hydrogen-bond acceptors (Lipinski definition) is 2. The summed E-state index contributed by atoms with van der Waals surface area (Å²) < 4.78 is 0.875. The molecule has 0 bridgehead atoms. The Bertz CT molecular complexity index is 570. The summed E-state index contributed by atoms with van der Waals surface area (Å²) in [7, 11) is 2.17. The molecular weight excluding hydrogens is 334 g/mol. The summed E-state index contributed by atoms with van der Waals surface area (Å²) >= 11 is 3.39. The molecule has 5 nitrogen and oxygen atoms in total. The maximum absolute atomic E-state index is 12.7. The van der Waals surface area contributed by atoms with Gasteiger partial charge in [-0.1, -0.05) is 22.0 Å². The number of carbonyl (C=O) groups excluding carboxylic acids is 2. The first-order valence-corrected chi connectivity index (χ1v) is 8.14. The standard InChI is InChI=1S/C15H18BrN3O2/c1-17-5-7-18(8-6-17)13-10-14(20)19(15(13)21)12-4-2-3-11(16)9-12/h2-4,9,13H,5-8,10H2,1H3/p+2/t13-/m0/s1. The molecule has 0 spiro atoms. The fraction of sp³-hybridized carbons (Fsp3) is 0.467. The Morgan fingerprint density at radius 2 is 1.90 bits per heavy atom. The van der Waals surface area contributed by atoms with Crippen LogP contribution in [0.5, 0.6) is 0 Å². The molecule has 2 aliphatic heterocycles. The molecule has 0 radical (unpaired) electrons. The van der Waals surface area contributed by atoms with E-state index >= 15 is 0 Å². The third kappa shape index (κ3) is 2.88. The van der Waals surface area contributed by atoms with E-state index < -0.39 is 0 Å². The van der Waals surface area contributed by atoms with Crippen molar-refractivity contribution < 1.29 is 19.4 Å². The van der Waals surface area contributed by atoms with Gasteiger partial charge in [0.25, 0.3) is 5.91 Å². The molecule has 0 saturated carbocycles. The zero-order valence-electron chi connectivity index (χ0n) is 12.1. The first-order chi connectivity index (χ1) is 10.1. The number of quaternary nitrogens is 2. The normalized spacial score (nSPS) is 30.0. The van der Waals surface area contributed by atoms with Crippen molar-refractivity contribution in [1.29, 1.82) is 0 Å². The lowest BCUT2D eigenvalue weighted by Gasteiger charge is -2.30. The van der Waals surface area contributed by atoms with Crippen molar-refractivity contribution in [2.45, 2.75) is 12.5 Å². The Morgan fingerprint density at radius 3 is 2.57 bits per heavy atom. The van der Waals surface area contributed by atoms with E-state index in [2.05, 4.69) is 23.0 Å². The maximum Gasteiger partial charge on any atom is 0.292 e. The smallest absolute Gasteiger partial charge is 0.292 e. The van der Waals surface area contributed by atoms with Crippen LogP contribution >= 0.6 is 15.9 Å². The fourth-order valence-electron chi connectivity index (χ4n) is 3.18. The van der Waals surface area contributed by atoms with Gasteiger partial charge in [0, 0.05) is 4.47 Å². The van der Waals surface area contributed by atoms with Crippen molar-refractivity contribution in [1.82, 2.24) is 0 Å². The molecule has 0 unspecified atom stereocenters. The monoisotopic (exact) mass is 353 g/mol. The minimum absolute atomic E-state index is 0.0485. The summed E-state index contributed by atoms with van der Waals surface area (Å²) in [6.45, 7) is 4.04. The van der Waals surface area contributed by atoms with Gasteiger partial charge in [-0.3, -0.25) is 9.59 Å². The predicted octanol–water partition coefficient (Wildman–Crippen LogP) is -1.51. The van der Waals surface area contributed by atoms with Crippen LogP contribution in [-0.4, -0.2) is 51.1 Å². The number of piperazine rings is 1. The molecule has 1 aromatic carbocycles. The number of imide groups is 1. The average molecular weight is 354 g/mol. The molecule has 2 amide bonds. The Balaban J connectivity index is 1.79. The van der Waals surface area contributed by atoms with Gasteiger partial charge in [-0.2, -0.15) is 0 Å². The van der Waals surface area contributed by atoms with Crippen molar-refractivity contribution >= 4 is 33.4 Å². The largest absolute Gasteiger partial charge is 0.328 e. The number of amides is 2. The Kier molecular flexibility index (Phi) is 4.10. The van der Waals surface area contributed by atoms with Crippen LogP contribution < -0.4 is 14.7 Å². The lowest BCUT2D eigenvalue weighted by molar-refractivity contribution is -1.01. The molecule has 2 aliphatic rings. The summed E-state index contributed by atoms with van der Waals surface area (Å²) in [6.07, 6.45) is 0.333. The third-order valence-corrected chi connectivity index (χ3v) is 4.94. The van der Waals surface area contributed by atoms with Crippen molar-refractivity contribution in [2.24, 2.45) is 0 Å². The summed E-state index contributed by atoms with van der Waals surface area (Å²) in [6, 6.07) is 7.16. The first-order valence-electron chi connectivity index (χ1n) is 7.34. The highest BCUT2D eigenvalue weighted by molar-refractivity contribution is 9.10. The molecule has 112 valence electrons. The van der Waals surface area contributed by atoms with Crippen LogP contribution in [0, 0.1) is 0 Å². The van der Waals surface area contributed by atoms with E-state index in [0.717, 1.165) is 30.7 Å². The number of carbonyl (C=O) groups is 2. The molecule has 6 heteroatoms. The highest BCUT2D eigenvalue weighted by atomic mass is 79.9. The van der Waals surface area contributed by atoms with Gasteiger partial charge in [0.2, 0.25) is 5.91 Å². The van der Waals surface area contributed by atoms with Gasteiger partial charge in [-0.25, -0.2) is 4.90 Å². The summed E-state index contributed by atoms with van der Waals surface area (Å²) in [5, 5.41) is 0. The minimum Gasteiger partial charge on any atom is -0.328 e. The lowest BCUT2D eigenvalue weighted by atomic mass is 10.2. The van der Waals surface area contributed by atoms with Gasteiger partial charge >= 0.3 is 0 Å². The Labute approximate surface area is 132 Å². The number of likely N-dealkylation sites (N-methyl/N-ethyl adjacent to an activating group) is 1. The predicted molar refractivity (Wildman–Crippen MR) is 82.4 cm³/mol. The Morgan fingerprint density at radius 1 is 1.19 bits per heavy atom. The van der Waals surface area contributed by atoms with Crippen LogP contribution in [0.25, 0.3) is 0 Å². The van der Waals surface area contributed by atoms with Crippen LogP contribution in [0.2, 0.25) is 0 Å². The van der Waals surface area contributed by atoms with Gasteiger partial charge in [0.1, 0.15) is 26.2 Å². The van der Waals surface area contributed by atoms with Crippen LogP contribution in [-0.2, 0) is 9.59 Å². The molecular formula is C15H20BrN3O2+2. The number of hydrogen-bond donors (Lipinski definition) is 2. The quantitative estimate of drug-likeness (QED) is 0.635. The van der Waals surface area contributed by atoms with Crippen LogP contribution in [0.4, 0.5) is 5.69 Å². The minimum atomic E-state index is -0.204. The number of anilines is 1. The first kappa shape index (κ1) is 14.7. The second-order valence-corrected chi connectivity index (χ2v) is 6.83. The molecule has 0 aromatic heterocycles. The molecule has 2 heterocycles. The van der Waals surface area contributed by atoms with E-state index in [4.69, 9.17) is 0 Å². The van der Waals surface area contributed by atoms with E-state index in [1.165, 1.54) is 14.7 Å². The van der Waals surface area contributed by atoms with Crippen LogP contribution in [0.3, 0.4) is 0 Å². The molecule has 2 fully saturated rings. The van der Waals surface area contributed by atoms with Gasteiger partial charge in [0.05, 0.1) is 19.2 Å². The zero-order chi connectivity index (χ0) is 15.0. The molecule has 2 N–H and O–H groups in total. The number of nitrogens with one attached hydrogen (secondary N) is 2. The summed E-state index contributed by atoms with van der Waals surface area (Å²) in [5.74, 6) is -0.130. The van der Waals surface area contributed by atoms with Crippen LogP contribution in [0.1, 0.15) is 6.42 Å². The van der Waals surface area contributed by atoms with E-state index in [1.54, 1.807) is 0 Å². The van der Waals surface area contributed by atoms with Crippen molar-refractivity contribution in [3.05, 3.63) is 28.7 Å². The molecule has 1 atom stereocenters. The zero-order valence-corrected chi connectivity index (χ0v) is 13.6. The van der Waals surface area contributed by atoms with Crippen LogP contribution in [0.15, 0.2) is 28.7 Å². The van der Waals surface area contributed by atoms with E-state index in [-0.39, 0.29) is 17.9 Å². The number of halogens is 1. The third-order valence-electron chi connectivity index (χ3n) is 4.45. The number of benzene rings is 1. The van der Waals surface area contributed by atoms with Crippen molar-refractivity contribution in [2.75, 3.05) is 38.1 Å². The molecule has 2 saturated heterocycles. The average Bonchev–Trinajstić information content (AvgIpc) is 2.75. The Hall–Kier alpha value is -1.24. The fourth-order valence-corrected chi connectivity index (χ4v) is 3.57. The topological polar surface area (TPSA) is 46.3 Å². The van der Waals surface area contributed by atoms with Crippen molar-refractivity contribution in [3.8, 4) is 0 Å². The molecule has 0 aliphatic carbocycles. The molecule has 3 rings (SSSR count). The highest BCUT2D eigenvalue weighted by Crippen LogP contribution is 2.24. The maximum atomic E-state index is 12.7. The highest BCUT2D eigenvalue weighted by Gasteiger charge is 2.46. The number of nitrogens with zero attached hydrogens (tertiary/aromatic N) is 1. The summed E-state index contributed by atoms with van der Waals surface area (Å²) in [5.41, 5.74) is 0.668. The van der Waals surface area contributed by atoms with E-state index in [1.807, 2.05) is 24.3 Å². The SMILES string of the molecule is C[NH+]1CC[NH+]([C@H]2CC(=O)N(c3cccc(Br)c3)C2=O)CC1. The van der Waals surface area contributed by atoms with Gasteiger partial charge in [-0.15, -0.1) is 0 Å².